The Morgan fingerprint density at radius 1 is 1.11 bits per heavy atom. The number of benzene rings is 1. The predicted octanol–water partition coefficient (Wildman–Crippen LogP) is 3.74. The Bertz CT molecular complexity index is 602. The summed E-state index contributed by atoms with van der Waals surface area (Å²) in [4.78, 5) is 15.5. The number of pyridine rings is 1. The van der Waals surface area contributed by atoms with Gasteiger partial charge in [-0.15, -0.1) is 0 Å². The molecule has 0 aliphatic rings. The molecule has 0 radical (unpaired) electrons. The van der Waals surface area contributed by atoms with E-state index in [2.05, 4.69) is 15.6 Å². The summed E-state index contributed by atoms with van der Waals surface area (Å²) < 4.78 is 0. The summed E-state index contributed by atoms with van der Waals surface area (Å²) in [6.45, 7) is 0. The smallest absolute Gasteiger partial charge is 0.324 e. The molecule has 0 saturated carbocycles. The first-order chi connectivity index (χ1) is 9.04. The van der Waals surface area contributed by atoms with Crippen LogP contribution in [0.25, 0.3) is 0 Å². The molecule has 0 atom stereocenters. The maximum atomic E-state index is 11.7. The van der Waals surface area contributed by atoms with E-state index < -0.39 is 6.03 Å². The van der Waals surface area contributed by atoms with Crippen molar-refractivity contribution in [1.29, 1.82) is 0 Å². The molecule has 1 aromatic heterocycles. The first-order valence-electron chi connectivity index (χ1n) is 5.22. The van der Waals surface area contributed by atoms with Crippen molar-refractivity contribution in [2.75, 3.05) is 10.6 Å². The van der Waals surface area contributed by atoms with Crippen molar-refractivity contribution in [2.24, 2.45) is 0 Å². The lowest BCUT2D eigenvalue weighted by Gasteiger charge is -2.07. The molecule has 2 amide bonds. The third-order valence-electron chi connectivity index (χ3n) is 2.17. The highest BCUT2D eigenvalue weighted by Crippen LogP contribution is 2.25. The fourth-order valence-corrected chi connectivity index (χ4v) is 1.61. The van der Waals surface area contributed by atoms with Crippen molar-refractivity contribution in [3.8, 4) is 5.75 Å². The largest absolute Gasteiger partial charge is 0.506 e. The van der Waals surface area contributed by atoms with Gasteiger partial charge in [-0.2, -0.15) is 0 Å². The van der Waals surface area contributed by atoms with Gasteiger partial charge in [0, 0.05) is 5.69 Å². The second-order valence-corrected chi connectivity index (χ2v) is 4.42. The number of halogens is 2. The average Bonchev–Trinajstić information content (AvgIpc) is 2.37. The number of aromatic hydroxyl groups is 1. The fourth-order valence-electron chi connectivity index (χ4n) is 1.31. The van der Waals surface area contributed by atoms with Crippen molar-refractivity contribution in [3.63, 3.8) is 0 Å². The van der Waals surface area contributed by atoms with E-state index in [1.807, 2.05) is 0 Å². The van der Waals surface area contributed by atoms with E-state index in [0.717, 1.165) is 0 Å². The minimum absolute atomic E-state index is 0.0236. The Labute approximate surface area is 119 Å². The normalized spacial score (nSPS) is 10.0. The van der Waals surface area contributed by atoms with Crippen molar-refractivity contribution in [3.05, 3.63) is 46.6 Å². The highest BCUT2D eigenvalue weighted by atomic mass is 35.5. The Balaban J connectivity index is 2.01. The highest BCUT2D eigenvalue weighted by molar-refractivity contribution is 6.42. The van der Waals surface area contributed by atoms with Gasteiger partial charge in [0.1, 0.15) is 11.6 Å². The Morgan fingerprint density at radius 2 is 1.89 bits per heavy atom. The molecule has 0 aliphatic carbocycles. The number of carbonyl (C=O) groups is 1. The van der Waals surface area contributed by atoms with Gasteiger partial charge in [-0.05, 0) is 30.3 Å². The summed E-state index contributed by atoms with van der Waals surface area (Å²) in [7, 11) is 0. The number of aromatic nitrogens is 1. The molecule has 19 heavy (non-hydrogen) atoms. The summed E-state index contributed by atoms with van der Waals surface area (Å²) in [6.07, 6.45) is 1.23. The van der Waals surface area contributed by atoms with Crippen molar-refractivity contribution in [1.82, 2.24) is 4.98 Å². The number of hydrogen-bond acceptors (Lipinski definition) is 3. The molecular weight excluding hydrogens is 289 g/mol. The second kappa shape index (κ2) is 5.77. The van der Waals surface area contributed by atoms with E-state index in [1.54, 1.807) is 12.1 Å². The molecule has 2 aromatic rings. The number of hydrogen-bond donors (Lipinski definition) is 3. The molecule has 0 fully saturated rings. The van der Waals surface area contributed by atoms with E-state index in [4.69, 9.17) is 28.3 Å². The van der Waals surface area contributed by atoms with Crippen LogP contribution in [-0.2, 0) is 0 Å². The quantitative estimate of drug-likeness (QED) is 0.790. The van der Waals surface area contributed by atoms with Crippen LogP contribution in [-0.4, -0.2) is 16.1 Å². The predicted molar refractivity (Wildman–Crippen MR) is 75.0 cm³/mol. The minimum atomic E-state index is -0.475. The standard InChI is InChI=1S/C12H9Cl2N3O2/c13-9-3-1-7(5-10(9)14)16-12(19)17-11-4-2-8(18)6-15-11/h1-6,18H,(H2,15,16,17,19). The number of amides is 2. The van der Waals surface area contributed by atoms with Crippen LogP contribution in [0.1, 0.15) is 0 Å². The Morgan fingerprint density at radius 3 is 2.53 bits per heavy atom. The second-order valence-electron chi connectivity index (χ2n) is 3.61. The van der Waals surface area contributed by atoms with Crippen LogP contribution in [0.2, 0.25) is 10.0 Å². The van der Waals surface area contributed by atoms with Gasteiger partial charge in [0.05, 0.1) is 16.2 Å². The Kier molecular flexibility index (Phi) is 4.09. The average molecular weight is 298 g/mol. The maximum Gasteiger partial charge on any atom is 0.324 e. The van der Waals surface area contributed by atoms with Crippen molar-refractivity contribution < 1.29 is 9.90 Å². The van der Waals surface area contributed by atoms with Crippen LogP contribution >= 0.6 is 23.2 Å². The van der Waals surface area contributed by atoms with Gasteiger partial charge in [-0.3, -0.25) is 5.32 Å². The van der Waals surface area contributed by atoms with Gasteiger partial charge in [0.25, 0.3) is 0 Å². The summed E-state index contributed by atoms with van der Waals surface area (Å²) in [5.41, 5.74) is 0.505. The van der Waals surface area contributed by atoms with E-state index >= 15 is 0 Å². The molecule has 1 heterocycles. The van der Waals surface area contributed by atoms with Crippen LogP contribution in [0, 0.1) is 0 Å². The van der Waals surface area contributed by atoms with Crippen LogP contribution in [0.15, 0.2) is 36.5 Å². The van der Waals surface area contributed by atoms with Crippen molar-refractivity contribution >= 4 is 40.7 Å². The molecule has 0 bridgehead atoms. The molecule has 98 valence electrons. The lowest BCUT2D eigenvalue weighted by molar-refractivity contribution is 0.262. The molecule has 0 saturated heterocycles. The fraction of sp³-hybridized carbons (Fsp3) is 0. The molecule has 0 aliphatic heterocycles. The first-order valence-corrected chi connectivity index (χ1v) is 5.98. The molecule has 0 spiro atoms. The number of anilines is 2. The number of rotatable bonds is 2. The van der Waals surface area contributed by atoms with Gasteiger partial charge in [0.15, 0.2) is 0 Å². The maximum absolute atomic E-state index is 11.7. The SMILES string of the molecule is O=C(Nc1ccc(Cl)c(Cl)c1)Nc1ccc(O)cn1. The highest BCUT2D eigenvalue weighted by Gasteiger charge is 2.05. The van der Waals surface area contributed by atoms with Gasteiger partial charge in [-0.25, -0.2) is 9.78 Å². The summed E-state index contributed by atoms with van der Waals surface area (Å²) in [5, 5.41) is 14.9. The number of nitrogens with one attached hydrogen (secondary N) is 2. The van der Waals surface area contributed by atoms with Crippen LogP contribution in [0.3, 0.4) is 0 Å². The van der Waals surface area contributed by atoms with Gasteiger partial charge in [-0.1, -0.05) is 23.2 Å². The number of urea groups is 1. The number of nitrogens with zero attached hydrogens (tertiary/aromatic N) is 1. The molecule has 0 unspecified atom stereocenters. The topological polar surface area (TPSA) is 74.2 Å². The van der Waals surface area contributed by atoms with E-state index in [9.17, 15) is 4.79 Å². The molecule has 1 aromatic carbocycles. The third kappa shape index (κ3) is 3.74. The molecular formula is C12H9Cl2N3O2. The third-order valence-corrected chi connectivity index (χ3v) is 2.91. The van der Waals surface area contributed by atoms with E-state index in [0.29, 0.717) is 21.6 Å². The molecule has 7 heteroatoms. The lowest BCUT2D eigenvalue weighted by atomic mass is 10.3. The molecule has 3 N–H and O–H groups in total. The first kappa shape index (κ1) is 13.5. The van der Waals surface area contributed by atoms with Gasteiger partial charge >= 0.3 is 6.03 Å². The van der Waals surface area contributed by atoms with Crippen LogP contribution in [0.4, 0.5) is 16.3 Å². The Hall–Kier alpha value is -1.98. The summed E-state index contributed by atoms with van der Waals surface area (Å²) in [6, 6.07) is 7.16. The zero-order chi connectivity index (χ0) is 13.8. The minimum Gasteiger partial charge on any atom is -0.506 e. The zero-order valence-corrected chi connectivity index (χ0v) is 11.0. The van der Waals surface area contributed by atoms with Crippen LogP contribution < -0.4 is 10.6 Å². The number of carbonyl (C=O) groups excluding carboxylic acids is 1. The van der Waals surface area contributed by atoms with E-state index in [1.165, 1.54) is 24.4 Å². The van der Waals surface area contributed by atoms with Crippen molar-refractivity contribution in [2.45, 2.75) is 0 Å². The lowest BCUT2D eigenvalue weighted by Crippen LogP contribution is -2.19. The molecule has 2 rings (SSSR count). The monoisotopic (exact) mass is 297 g/mol. The molecule has 5 nitrogen and oxygen atoms in total. The van der Waals surface area contributed by atoms with Gasteiger partial charge < -0.3 is 10.4 Å². The van der Waals surface area contributed by atoms with Gasteiger partial charge in [0.2, 0.25) is 0 Å². The summed E-state index contributed by atoms with van der Waals surface area (Å²) in [5.74, 6) is 0.339. The van der Waals surface area contributed by atoms with Crippen LogP contribution in [0.5, 0.6) is 5.75 Å². The summed E-state index contributed by atoms with van der Waals surface area (Å²) >= 11 is 11.6. The van der Waals surface area contributed by atoms with E-state index in [-0.39, 0.29) is 5.75 Å². The zero-order valence-electron chi connectivity index (χ0n) is 9.52.